The van der Waals surface area contributed by atoms with Crippen LogP contribution in [0, 0.1) is 5.41 Å². The highest BCUT2D eigenvalue weighted by molar-refractivity contribution is 6.48. The van der Waals surface area contributed by atoms with Gasteiger partial charge in [-0.2, -0.15) is 0 Å². The number of nitrogens with one attached hydrogen (secondary N) is 1. The largest absolute Gasteiger partial charge is 0.443 e. The summed E-state index contributed by atoms with van der Waals surface area (Å²) in [6, 6.07) is 12.6. The Bertz CT molecular complexity index is 1620. The van der Waals surface area contributed by atoms with Crippen molar-refractivity contribution in [3.8, 4) is 11.3 Å². The average Bonchev–Trinajstić information content (AvgIpc) is 3.62. The SMILES string of the molecule is C[SiH](C)OC(CC(C)(C)C)N1CCN(Cc2ccc3c(c2)cc(-c2ccc(C4CC4)c4c2C(=O)NC4)n3C(=O)OC(C)(C)C)CC1. The lowest BCUT2D eigenvalue weighted by Crippen LogP contribution is -2.52. The Labute approximate surface area is 276 Å². The third-order valence-electron chi connectivity index (χ3n) is 9.17. The zero-order chi connectivity index (χ0) is 33.0. The molecule has 46 heavy (non-hydrogen) atoms. The van der Waals surface area contributed by atoms with Gasteiger partial charge in [-0.25, -0.2) is 9.36 Å². The number of piperazine rings is 1. The van der Waals surface area contributed by atoms with Crippen LogP contribution in [0.4, 0.5) is 4.79 Å². The summed E-state index contributed by atoms with van der Waals surface area (Å²) < 4.78 is 14.1. The summed E-state index contributed by atoms with van der Waals surface area (Å²) in [4.78, 5) is 32.0. The molecule has 2 fully saturated rings. The van der Waals surface area contributed by atoms with E-state index in [1.54, 1.807) is 4.57 Å². The Balaban J connectivity index is 1.28. The van der Waals surface area contributed by atoms with Crippen molar-refractivity contribution in [3.63, 3.8) is 0 Å². The molecular formula is C37H52N4O4Si. The first kappa shape index (κ1) is 32.9. The highest BCUT2D eigenvalue weighted by atomic mass is 28.3. The number of ether oxygens (including phenoxy) is 1. The first-order chi connectivity index (χ1) is 21.7. The number of hydrogen-bond donors (Lipinski definition) is 1. The van der Waals surface area contributed by atoms with Crippen molar-refractivity contribution < 1.29 is 18.8 Å². The number of aromatic nitrogens is 1. The molecule has 9 heteroatoms. The van der Waals surface area contributed by atoms with Gasteiger partial charge >= 0.3 is 6.09 Å². The molecule has 3 heterocycles. The van der Waals surface area contributed by atoms with E-state index in [9.17, 15) is 9.59 Å². The second-order valence-corrected chi connectivity index (χ2v) is 18.3. The quantitative estimate of drug-likeness (QED) is 0.264. The fourth-order valence-electron chi connectivity index (χ4n) is 7.00. The monoisotopic (exact) mass is 644 g/mol. The van der Waals surface area contributed by atoms with E-state index in [1.165, 1.54) is 24.0 Å². The summed E-state index contributed by atoms with van der Waals surface area (Å²) in [5, 5.41) is 4.01. The number of nitrogens with zero attached hydrogens (tertiary/aromatic N) is 3. The van der Waals surface area contributed by atoms with E-state index in [4.69, 9.17) is 9.16 Å². The minimum atomic E-state index is -1.16. The smallest absolute Gasteiger partial charge is 0.419 e. The Hall–Kier alpha value is -2.98. The summed E-state index contributed by atoms with van der Waals surface area (Å²) in [5.74, 6) is 0.463. The molecule has 8 nitrogen and oxygen atoms in total. The molecule has 1 amide bonds. The number of benzene rings is 2. The van der Waals surface area contributed by atoms with Crippen molar-refractivity contribution in [2.45, 2.75) is 105 Å². The summed E-state index contributed by atoms with van der Waals surface area (Å²) >= 11 is 0. The standard InChI is InChI=1S/C37H52N4O4Si/c1-36(2,3)21-32(45-46(7)8)40-17-15-39(16-18-40)23-24-9-14-30-26(19-24)20-31(41(30)35(43)44-37(4,5)6)28-13-12-27(25-10-11-25)29-22-38-34(42)33(28)29/h9,12-14,19-20,25,32,46H,10-11,15-18,21-23H2,1-8H3,(H,38,42). The predicted molar refractivity (Wildman–Crippen MR) is 187 cm³/mol. The van der Waals surface area contributed by atoms with E-state index < -0.39 is 20.7 Å². The van der Waals surface area contributed by atoms with Gasteiger partial charge < -0.3 is 14.5 Å². The molecule has 1 aliphatic carbocycles. The van der Waals surface area contributed by atoms with Crippen LogP contribution in [0.15, 0.2) is 36.4 Å². The highest BCUT2D eigenvalue weighted by Crippen LogP contribution is 2.45. The lowest BCUT2D eigenvalue weighted by Gasteiger charge is -2.41. The molecule has 2 aromatic carbocycles. The molecule has 0 radical (unpaired) electrons. The molecule has 2 aliphatic heterocycles. The van der Waals surface area contributed by atoms with E-state index in [1.807, 2.05) is 32.9 Å². The van der Waals surface area contributed by atoms with E-state index >= 15 is 0 Å². The molecule has 248 valence electrons. The van der Waals surface area contributed by atoms with Crippen LogP contribution in [0.5, 0.6) is 0 Å². The topological polar surface area (TPSA) is 76.0 Å². The minimum Gasteiger partial charge on any atom is -0.443 e. The summed E-state index contributed by atoms with van der Waals surface area (Å²) in [6.07, 6.45) is 3.14. The zero-order valence-electron chi connectivity index (χ0n) is 29.0. The van der Waals surface area contributed by atoms with Gasteiger partial charge in [0.1, 0.15) is 5.60 Å². The van der Waals surface area contributed by atoms with Gasteiger partial charge in [-0.05, 0) is 99.4 Å². The summed E-state index contributed by atoms with van der Waals surface area (Å²) in [7, 11) is -1.16. The maximum absolute atomic E-state index is 13.8. The van der Waals surface area contributed by atoms with Crippen molar-refractivity contribution >= 4 is 31.9 Å². The second kappa shape index (κ2) is 12.6. The van der Waals surface area contributed by atoms with Crippen molar-refractivity contribution in [1.29, 1.82) is 0 Å². The summed E-state index contributed by atoms with van der Waals surface area (Å²) in [6.45, 7) is 22.4. The van der Waals surface area contributed by atoms with Crippen molar-refractivity contribution in [2.75, 3.05) is 26.2 Å². The van der Waals surface area contributed by atoms with Gasteiger partial charge in [-0.1, -0.05) is 39.0 Å². The minimum absolute atomic E-state index is 0.0702. The van der Waals surface area contributed by atoms with Crippen LogP contribution >= 0.6 is 0 Å². The molecule has 1 N–H and O–H groups in total. The van der Waals surface area contributed by atoms with Crippen LogP contribution in [0.1, 0.15) is 93.8 Å². The normalized spacial score (nSPS) is 18.7. The van der Waals surface area contributed by atoms with Crippen LogP contribution in [0.2, 0.25) is 13.1 Å². The van der Waals surface area contributed by atoms with Gasteiger partial charge in [-0.15, -0.1) is 0 Å². The molecule has 1 atom stereocenters. The maximum atomic E-state index is 13.8. The van der Waals surface area contributed by atoms with Crippen molar-refractivity contribution in [1.82, 2.24) is 19.7 Å². The van der Waals surface area contributed by atoms with Gasteiger partial charge in [0, 0.05) is 50.2 Å². The number of carbonyl (C=O) groups is 2. The molecule has 6 rings (SSSR count). The number of fused-ring (bicyclic) bond motifs is 2. The predicted octanol–water partition coefficient (Wildman–Crippen LogP) is 7.09. The van der Waals surface area contributed by atoms with Gasteiger partial charge in [0.05, 0.1) is 23.0 Å². The van der Waals surface area contributed by atoms with Gasteiger partial charge in [0.15, 0.2) is 9.04 Å². The fraction of sp³-hybridized carbons (Fsp3) is 0.568. The number of rotatable bonds is 8. The van der Waals surface area contributed by atoms with Crippen LogP contribution in [-0.4, -0.2) is 73.4 Å². The zero-order valence-corrected chi connectivity index (χ0v) is 30.2. The Morgan fingerprint density at radius 2 is 1.72 bits per heavy atom. The Morgan fingerprint density at radius 1 is 1.00 bits per heavy atom. The Morgan fingerprint density at radius 3 is 2.35 bits per heavy atom. The number of amides is 1. The lowest BCUT2D eigenvalue weighted by molar-refractivity contribution is -0.0321. The van der Waals surface area contributed by atoms with E-state index in [0.29, 0.717) is 23.7 Å². The van der Waals surface area contributed by atoms with E-state index in [0.717, 1.165) is 61.2 Å². The number of carbonyl (C=O) groups excluding carboxylic acids is 2. The lowest BCUT2D eigenvalue weighted by atomic mass is 9.91. The molecule has 0 bridgehead atoms. The van der Waals surface area contributed by atoms with Crippen LogP contribution < -0.4 is 5.32 Å². The summed E-state index contributed by atoms with van der Waals surface area (Å²) in [5.41, 5.74) is 6.08. The Kier molecular flexibility index (Phi) is 8.99. The van der Waals surface area contributed by atoms with Crippen molar-refractivity contribution in [2.24, 2.45) is 5.41 Å². The molecule has 3 aromatic rings. The third-order valence-corrected chi connectivity index (χ3v) is 10.0. The van der Waals surface area contributed by atoms with Crippen molar-refractivity contribution in [3.05, 3.63) is 58.7 Å². The van der Waals surface area contributed by atoms with E-state index in [-0.39, 0.29) is 17.6 Å². The molecule has 0 spiro atoms. The van der Waals surface area contributed by atoms with E-state index in [2.05, 4.69) is 73.2 Å². The van der Waals surface area contributed by atoms with Gasteiger partial charge in [0.2, 0.25) is 0 Å². The van der Waals surface area contributed by atoms with Crippen LogP contribution in [-0.2, 0) is 22.3 Å². The van der Waals surface area contributed by atoms with Gasteiger partial charge in [-0.3, -0.25) is 14.6 Å². The first-order valence-electron chi connectivity index (χ1n) is 17.1. The molecular weight excluding hydrogens is 593 g/mol. The van der Waals surface area contributed by atoms with Gasteiger partial charge in [0.25, 0.3) is 5.91 Å². The molecule has 1 unspecified atom stereocenters. The second-order valence-electron chi connectivity index (χ2n) is 16.0. The molecule has 3 aliphatic rings. The van der Waals surface area contributed by atoms with Crippen LogP contribution in [0.3, 0.4) is 0 Å². The highest BCUT2D eigenvalue weighted by Gasteiger charge is 2.35. The number of hydrogen-bond acceptors (Lipinski definition) is 6. The fourth-order valence-corrected chi connectivity index (χ4v) is 7.89. The average molecular weight is 645 g/mol. The molecule has 1 saturated heterocycles. The maximum Gasteiger partial charge on any atom is 0.419 e. The molecule has 1 aromatic heterocycles. The molecule has 1 saturated carbocycles. The third kappa shape index (κ3) is 7.28. The first-order valence-corrected chi connectivity index (χ1v) is 19.9. The van der Waals surface area contributed by atoms with Crippen LogP contribution in [0.25, 0.3) is 22.2 Å².